The number of aromatic amines is 1. The van der Waals surface area contributed by atoms with Gasteiger partial charge in [0.2, 0.25) is 5.91 Å². The molecule has 1 unspecified atom stereocenters. The molecule has 3 aromatic heterocycles. The lowest BCUT2D eigenvalue weighted by Crippen LogP contribution is -2.22. The van der Waals surface area contributed by atoms with E-state index in [2.05, 4.69) is 20.3 Å². The number of aryl methyl sites for hydroxylation is 2. The number of nitrogens with one attached hydrogen (secondary N) is 2. The van der Waals surface area contributed by atoms with E-state index < -0.39 is 0 Å². The summed E-state index contributed by atoms with van der Waals surface area (Å²) in [5, 5.41) is 5.55. The van der Waals surface area contributed by atoms with Crippen molar-refractivity contribution >= 4 is 55.7 Å². The summed E-state index contributed by atoms with van der Waals surface area (Å²) in [5.74, 6) is 0.946. The average molecular weight is 381 g/mol. The summed E-state index contributed by atoms with van der Waals surface area (Å²) in [6.45, 7) is 5.74. The number of thiazole rings is 1. The van der Waals surface area contributed by atoms with Crippen LogP contribution in [0.25, 0.3) is 10.2 Å². The Balaban J connectivity index is 1.69. The van der Waals surface area contributed by atoms with E-state index in [9.17, 15) is 9.59 Å². The van der Waals surface area contributed by atoms with Gasteiger partial charge >= 0.3 is 0 Å². The molecule has 24 heavy (non-hydrogen) atoms. The van der Waals surface area contributed by atoms with Gasteiger partial charge in [0.25, 0.3) is 5.56 Å². The number of carbonyl (C=O) groups excluding carboxylic acids is 1. The lowest BCUT2D eigenvalue weighted by molar-refractivity contribution is -0.115. The minimum absolute atomic E-state index is 0.110. The standard InChI is InChI=1S/C15H16N4O2S3/c1-7-8(2)24-14-11(7)13(21)17-10(18-14)6-23-9(3)12(20)19-15-16-4-5-22-15/h4-5,9H,6H2,1-3H3,(H,16,19,20)(H,17,18,21). The predicted molar refractivity (Wildman–Crippen MR) is 101 cm³/mol. The van der Waals surface area contributed by atoms with Gasteiger partial charge in [-0.3, -0.25) is 9.59 Å². The van der Waals surface area contributed by atoms with Crippen molar-refractivity contribution in [3.8, 4) is 0 Å². The normalized spacial score (nSPS) is 12.5. The zero-order valence-electron chi connectivity index (χ0n) is 13.4. The number of H-pyrrole nitrogens is 1. The molecule has 3 aromatic rings. The van der Waals surface area contributed by atoms with Crippen molar-refractivity contribution < 1.29 is 4.79 Å². The summed E-state index contributed by atoms with van der Waals surface area (Å²) >= 11 is 4.33. The Labute approximate surface area is 150 Å². The van der Waals surface area contributed by atoms with E-state index in [4.69, 9.17) is 0 Å². The van der Waals surface area contributed by atoms with E-state index in [0.29, 0.717) is 22.1 Å². The van der Waals surface area contributed by atoms with Gasteiger partial charge in [-0.15, -0.1) is 34.4 Å². The van der Waals surface area contributed by atoms with Crippen LogP contribution in [0.5, 0.6) is 0 Å². The highest BCUT2D eigenvalue weighted by atomic mass is 32.2. The summed E-state index contributed by atoms with van der Waals surface area (Å²) in [6, 6.07) is 0. The number of rotatable bonds is 5. The van der Waals surface area contributed by atoms with Crippen molar-refractivity contribution in [3.63, 3.8) is 0 Å². The highest BCUT2D eigenvalue weighted by Crippen LogP contribution is 2.26. The molecule has 0 radical (unpaired) electrons. The number of carbonyl (C=O) groups is 1. The van der Waals surface area contributed by atoms with Gasteiger partial charge in [0.1, 0.15) is 10.7 Å². The zero-order valence-corrected chi connectivity index (χ0v) is 15.8. The molecule has 0 bridgehead atoms. The van der Waals surface area contributed by atoms with Gasteiger partial charge in [0.05, 0.1) is 16.4 Å². The molecule has 0 aromatic carbocycles. The van der Waals surface area contributed by atoms with Gasteiger partial charge in [-0.2, -0.15) is 0 Å². The minimum atomic E-state index is -0.276. The van der Waals surface area contributed by atoms with Gasteiger partial charge < -0.3 is 10.3 Å². The fraction of sp³-hybridized carbons (Fsp3) is 0.333. The molecule has 0 saturated carbocycles. The molecule has 0 saturated heterocycles. The molecule has 0 fully saturated rings. The molecule has 9 heteroatoms. The topological polar surface area (TPSA) is 87.7 Å². The van der Waals surface area contributed by atoms with Crippen molar-refractivity contribution in [2.24, 2.45) is 0 Å². The van der Waals surface area contributed by atoms with Crippen molar-refractivity contribution in [2.75, 3.05) is 5.32 Å². The average Bonchev–Trinajstić information content (AvgIpc) is 3.13. The monoisotopic (exact) mass is 380 g/mol. The Morgan fingerprint density at radius 2 is 2.25 bits per heavy atom. The molecular weight excluding hydrogens is 364 g/mol. The van der Waals surface area contributed by atoms with E-state index >= 15 is 0 Å². The Bertz CT molecular complexity index is 930. The molecule has 0 aliphatic rings. The van der Waals surface area contributed by atoms with E-state index in [0.717, 1.165) is 15.3 Å². The summed E-state index contributed by atoms with van der Waals surface area (Å²) in [7, 11) is 0. The van der Waals surface area contributed by atoms with E-state index in [-0.39, 0.29) is 16.7 Å². The second-order valence-electron chi connectivity index (χ2n) is 5.26. The minimum Gasteiger partial charge on any atom is -0.309 e. The highest BCUT2D eigenvalue weighted by molar-refractivity contribution is 7.99. The molecule has 0 aliphatic heterocycles. The molecular formula is C15H16N4O2S3. The Morgan fingerprint density at radius 1 is 1.46 bits per heavy atom. The number of hydrogen-bond donors (Lipinski definition) is 2. The first-order valence-corrected chi connectivity index (χ1v) is 10.0. The quantitative estimate of drug-likeness (QED) is 0.709. The van der Waals surface area contributed by atoms with Crippen molar-refractivity contribution in [3.05, 3.63) is 38.2 Å². The van der Waals surface area contributed by atoms with Crippen LogP contribution >= 0.6 is 34.4 Å². The third-order valence-corrected chi connectivity index (χ3v) is 6.53. The smallest absolute Gasteiger partial charge is 0.259 e. The van der Waals surface area contributed by atoms with Crippen LogP contribution in [0.2, 0.25) is 0 Å². The van der Waals surface area contributed by atoms with E-state index in [1.807, 2.05) is 26.2 Å². The van der Waals surface area contributed by atoms with Crippen LogP contribution in [-0.2, 0) is 10.5 Å². The second kappa shape index (κ2) is 7.04. The molecule has 0 spiro atoms. The number of aromatic nitrogens is 3. The van der Waals surface area contributed by atoms with Crippen molar-refractivity contribution in [2.45, 2.75) is 31.8 Å². The summed E-state index contributed by atoms with van der Waals surface area (Å²) in [5.41, 5.74) is 0.872. The molecule has 1 amide bonds. The van der Waals surface area contributed by atoms with Gasteiger partial charge in [-0.25, -0.2) is 9.97 Å². The second-order valence-corrected chi connectivity index (χ2v) is 8.68. The van der Waals surface area contributed by atoms with Crippen molar-refractivity contribution in [1.29, 1.82) is 0 Å². The summed E-state index contributed by atoms with van der Waals surface area (Å²) in [6.07, 6.45) is 1.65. The van der Waals surface area contributed by atoms with Crippen LogP contribution in [0.1, 0.15) is 23.2 Å². The number of fused-ring (bicyclic) bond motifs is 1. The fourth-order valence-corrected chi connectivity index (χ4v) is 4.48. The number of thiophene rings is 1. The van der Waals surface area contributed by atoms with Crippen LogP contribution in [0, 0.1) is 13.8 Å². The van der Waals surface area contributed by atoms with Crippen LogP contribution in [-0.4, -0.2) is 26.1 Å². The number of thioether (sulfide) groups is 1. The number of anilines is 1. The summed E-state index contributed by atoms with van der Waals surface area (Å²) < 4.78 is 0. The van der Waals surface area contributed by atoms with Gasteiger partial charge in [0, 0.05) is 16.5 Å². The van der Waals surface area contributed by atoms with Gasteiger partial charge in [0.15, 0.2) is 5.13 Å². The SMILES string of the molecule is Cc1sc2nc(CSC(C)C(=O)Nc3nccs3)[nH]c(=O)c2c1C. The lowest BCUT2D eigenvalue weighted by atomic mass is 10.2. The number of amides is 1. The first-order valence-electron chi connectivity index (χ1n) is 7.26. The van der Waals surface area contributed by atoms with Gasteiger partial charge in [-0.1, -0.05) is 0 Å². The predicted octanol–water partition coefficient (Wildman–Crippen LogP) is 3.32. The molecule has 6 nitrogen and oxygen atoms in total. The molecule has 0 aliphatic carbocycles. The molecule has 3 rings (SSSR count). The maximum Gasteiger partial charge on any atom is 0.259 e. The van der Waals surface area contributed by atoms with Crippen LogP contribution < -0.4 is 10.9 Å². The largest absolute Gasteiger partial charge is 0.309 e. The first kappa shape index (κ1) is 17.1. The molecule has 1 atom stereocenters. The third-order valence-electron chi connectivity index (χ3n) is 3.59. The van der Waals surface area contributed by atoms with Crippen molar-refractivity contribution in [1.82, 2.24) is 15.0 Å². The molecule has 126 valence electrons. The van der Waals surface area contributed by atoms with Crippen LogP contribution in [0.3, 0.4) is 0 Å². The third kappa shape index (κ3) is 3.52. The maximum absolute atomic E-state index is 12.2. The Hall–Kier alpha value is -1.71. The molecule has 3 heterocycles. The van der Waals surface area contributed by atoms with E-state index in [1.165, 1.54) is 34.4 Å². The fourth-order valence-electron chi connectivity index (χ4n) is 2.14. The Morgan fingerprint density at radius 3 is 2.96 bits per heavy atom. The molecule has 2 N–H and O–H groups in total. The van der Waals surface area contributed by atoms with E-state index in [1.54, 1.807) is 6.20 Å². The number of nitrogens with zero attached hydrogens (tertiary/aromatic N) is 2. The maximum atomic E-state index is 12.2. The highest BCUT2D eigenvalue weighted by Gasteiger charge is 2.16. The summed E-state index contributed by atoms with van der Waals surface area (Å²) in [4.78, 5) is 37.6. The van der Waals surface area contributed by atoms with Crippen LogP contribution in [0.15, 0.2) is 16.4 Å². The lowest BCUT2D eigenvalue weighted by Gasteiger charge is -2.10. The Kier molecular flexibility index (Phi) is 5.02. The number of hydrogen-bond acceptors (Lipinski definition) is 7. The zero-order chi connectivity index (χ0) is 17.3. The van der Waals surface area contributed by atoms with Gasteiger partial charge in [-0.05, 0) is 26.3 Å². The first-order chi connectivity index (χ1) is 11.5. The van der Waals surface area contributed by atoms with Crippen LogP contribution in [0.4, 0.5) is 5.13 Å².